The summed E-state index contributed by atoms with van der Waals surface area (Å²) in [7, 11) is 0. The number of nitrogens with one attached hydrogen (secondary N) is 2. The molecule has 0 bridgehead atoms. The Morgan fingerprint density at radius 3 is 2.85 bits per heavy atom. The van der Waals surface area contributed by atoms with E-state index in [1.165, 1.54) is 43.4 Å². The smallest absolute Gasteiger partial charge is 0.224 e. The quantitative estimate of drug-likeness (QED) is 0.885. The Kier molecular flexibility index (Phi) is 5.30. The van der Waals surface area contributed by atoms with Gasteiger partial charge in [0.1, 0.15) is 0 Å². The summed E-state index contributed by atoms with van der Waals surface area (Å²) in [5, 5.41) is 6.39. The average molecular weight is 295 g/mol. The molecule has 1 amide bonds. The molecule has 0 radical (unpaired) electrons. The SMILES string of the molecule is Cl.O=C(CC1CCCCC1)Nc1ccc2c(c1)CCN2. The minimum Gasteiger partial charge on any atom is -0.384 e. The Hall–Kier alpha value is -1.22. The molecule has 0 saturated heterocycles. The molecule has 1 aliphatic heterocycles. The maximum absolute atomic E-state index is 12.1. The Morgan fingerprint density at radius 2 is 2.05 bits per heavy atom. The van der Waals surface area contributed by atoms with Gasteiger partial charge in [-0.2, -0.15) is 0 Å². The molecule has 3 nitrogen and oxygen atoms in total. The number of anilines is 2. The van der Waals surface area contributed by atoms with Crippen LogP contribution >= 0.6 is 12.4 Å². The average Bonchev–Trinajstić information content (AvgIpc) is 2.87. The molecule has 1 fully saturated rings. The molecule has 2 N–H and O–H groups in total. The molecule has 0 unspecified atom stereocenters. The third-order valence-electron chi connectivity index (χ3n) is 4.30. The van der Waals surface area contributed by atoms with Gasteiger partial charge in [-0.25, -0.2) is 0 Å². The number of fused-ring (bicyclic) bond motifs is 1. The molecule has 2 aliphatic rings. The van der Waals surface area contributed by atoms with Gasteiger partial charge in [0.05, 0.1) is 0 Å². The molecule has 4 heteroatoms. The number of amides is 1. The molecule has 0 atom stereocenters. The summed E-state index contributed by atoms with van der Waals surface area (Å²) in [5.41, 5.74) is 3.48. The van der Waals surface area contributed by atoms with Gasteiger partial charge in [0.2, 0.25) is 5.91 Å². The van der Waals surface area contributed by atoms with Crippen LogP contribution in [0.1, 0.15) is 44.1 Å². The van der Waals surface area contributed by atoms with Crippen molar-refractivity contribution in [1.29, 1.82) is 0 Å². The normalized spacial score (nSPS) is 17.8. The van der Waals surface area contributed by atoms with Crippen LogP contribution in [0.25, 0.3) is 0 Å². The second kappa shape index (κ2) is 6.98. The Labute approximate surface area is 126 Å². The van der Waals surface area contributed by atoms with Crippen LogP contribution in [0.3, 0.4) is 0 Å². The number of hydrogen-bond acceptors (Lipinski definition) is 2. The maximum atomic E-state index is 12.1. The number of halogens is 1. The summed E-state index contributed by atoms with van der Waals surface area (Å²) in [6.45, 7) is 1.01. The van der Waals surface area contributed by atoms with E-state index in [9.17, 15) is 4.79 Å². The highest BCUT2D eigenvalue weighted by Gasteiger charge is 2.17. The van der Waals surface area contributed by atoms with E-state index in [0.29, 0.717) is 12.3 Å². The van der Waals surface area contributed by atoms with E-state index < -0.39 is 0 Å². The first kappa shape index (κ1) is 15.2. The van der Waals surface area contributed by atoms with Crippen molar-refractivity contribution >= 4 is 29.7 Å². The van der Waals surface area contributed by atoms with Crippen molar-refractivity contribution in [1.82, 2.24) is 0 Å². The minimum absolute atomic E-state index is 0. The molecular formula is C16H23ClN2O. The summed E-state index contributed by atoms with van der Waals surface area (Å²) >= 11 is 0. The lowest BCUT2D eigenvalue weighted by molar-refractivity contribution is -0.117. The molecule has 1 saturated carbocycles. The van der Waals surface area contributed by atoms with Gasteiger partial charge in [-0.3, -0.25) is 4.79 Å². The lowest BCUT2D eigenvalue weighted by Gasteiger charge is -2.20. The van der Waals surface area contributed by atoms with E-state index >= 15 is 0 Å². The van der Waals surface area contributed by atoms with Gasteiger partial charge in [0, 0.05) is 24.3 Å². The number of carbonyl (C=O) groups is 1. The van der Waals surface area contributed by atoms with Gasteiger partial charge in [-0.15, -0.1) is 12.4 Å². The molecule has 0 aromatic heterocycles. The second-order valence-electron chi connectivity index (χ2n) is 5.81. The summed E-state index contributed by atoms with van der Waals surface area (Å²) in [6.07, 6.45) is 8.13. The molecule has 110 valence electrons. The molecule has 0 spiro atoms. The summed E-state index contributed by atoms with van der Waals surface area (Å²) in [4.78, 5) is 12.1. The lowest BCUT2D eigenvalue weighted by atomic mass is 9.87. The number of carbonyl (C=O) groups excluding carboxylic acids is 1. The molecule has 1 aromatic rings. The van der Waals surface area contributed by atoms with Gasteiger partial charge >= 0.3 is 0 Å². The topological polar surface area (TPSA) is 41.1 Å². The van der Waals surface area contributed by atoms with Crippen LogP contribution in [0, 0.1) is 5.92 Å². The van der Waals surface area contributed by atoms with E-state index in [1.54, 1.807) is 0 Å². The van der Waals surface area contributed by atoms with Crippen LogP contribution in [0.4, 0.5) is 11.4 Å². The van der Waals surface area contributed by atoms with Crippen molar-refractivity contribution < 1.29 is 4.79 Å². The molecular weight excluding hydrogens is 272 g/mol. The second-order valence-corrected chi connectivity index (χ2v) is 5.81. The van der Waals surface area contributed by atoms with Crippen molar-refractivity contribution in [3.63, 3.8) is 0 Å². The van der Waals surface area contributed by atoms with Crippen molar-refractivity contribution in [2.45, 2.75) is 44.9 Å². The van der Waals surface area contributed by atoms with Crippen LogP contribution in [0.5, 0.6) is 0 Å². The van der Waals surface area contributed by atoms with Gasteiger partial charge in [0.25, 0.3) is 0 Å². The zero-order chi connectivity index (χ0) is 13.1. The van der Waals surface area contributed by atoms with E-state index in [0.717, 1.165) is 18.7 Å². The van der Waals surface area contributed by atoms with Gasteiger partial charge in [-0.05, 0) is 48.9 Å². The standard InChI is InChI=1S/C16H22N2O.ClH/c19-16(10-12-4-2-1-3-5-12)18-14-6-7-15-13(11-14)8-9-17-15;/h6-7,11-12,17H,1-5,8-10H2,(H,18,19);1H. The molecule has 1 aliphatic carbocycles. The maximum Gasteiger partial charge on any atom is 0.224 e. The third-order valence-corrected chi connectivity index (χ3v) is 4.30. The Balaban J connectivity index is 0.00000147. The van der Waals surface area contributed by atoms with Crippen molar-refractivity contribution in [3.05, 3.63) is 23.8 Å². The van der Waals surface area contributed by atoms with E-state index in [-0.39, 0.29) is 18.3 Å². The Bertz CT molecular complexity index is 470. The van der Waals surface area contributed by atoms with Crippen LogP contribution in [-0.2, 0) is 11.2 Å². The first-order valence-electron chi connectivity index (χ1n) is 7.48. The Morgan fingerprint density at radius 1 is 1.25 bits per heavy atom. The van der Waals surface area contributed by atoms with Gasteiger partial charge in [-0.1, -0.05) is 19.3 Å². The van der Waals surface area contributed by atoms with E-state index in [2.05, 4.69) is 22.8 Å². The fourth-order valence-corrected chi connectivity index (χ4v) is 3.25. The monoisotopic (exact) mass is 294 g/mol. The zero-order valence-electron chi connectivity index (χ0n) is 11.8. The molecule has 20 heavy (non-hydrogen) atoms. The predicted octanol–water partition coefficient (Wildman–Crippen LogP) is 3.99. The first-order chi connectivity index (χ1) is 9.31. The highest BCUT2D eigenvalue weighted by Crippen LogP contribution is 2.28. The molecule has 1 aromatic carbocycles. The fourth-order valence-electron chi connectivity index (χ4n) is 3.25. The summed E-state index contributed by atoms with van der Waals surface area (Å²) in [6, 6.07) is 6.17. The number of rotatable bonds is 3. The highest BCUT2D eigenvalue weighted by molar-refractivity contribution is 5.91. The number of hydrogen-bond donors (Lipinski definition) is 2. The van der Waals surface area contributed by atoms with Crippen LogP contribution in [0.2, 0.25) is 0 Å². The largest absolute Gasteiger partial charge is 0.384 e. The van der Waals surface area contributed by atoms with Crippen LogP contribution < -0.4 is 10.6 Å². The van der Waals surface area contributed by atoms with E-state index in [1.807, 2.05) is 6.07 Å². The highest BCUT2D eigenvalue weighted by atomic mass is 35.5. The zero-order valence-corrected chi connectivity index (χ0v) is 12.6. The summed E-state index contributed by atoms with van der Waals surface area (Å²) < 4.78 is 0. The van der Waals surface area contributed by atoms with Crippen LogP contribution in [-0.4, -0.2) is 12.5 Å². The predicted molar refractivity (Wildman–Crippen MR) is 85.7 cm³/mol. The molecule has 1 heterocycles. The fraction of sp³-hybridized carbons (Fsp3) is 0.562. The van der Waals surface area contributed by atoms with Gasteiger partial charge in [0.15, 0.2) is 0 Å². The minimum atomic E-state index is 0. The lowest BCUT2D eigenvalue weighted by Crippen LogP contribution is -2.18. The molecule has 3 rings (SSSR count). The van der Waals surface area contributed by atoms with Crippen molar-refractivity contribution in [2.75, 3.05) is 17.2 Å². The van der Waals surface area contributed by atoms with Gasteiger partial charge < -0.3 is 10.6 Å². The van der Waals surface area contributed by atoms with E-state index in [4.69, 9.17) is 0 Å². The third kappa shape index (κ3) is 3.66. The first-order valence-corrected chi connectivity index (χ1v) is 7.48. The number of benzene rings is 1. The summed E-state index contributed by atoms with van der Waals surface area (Å²) in [5.74, 6) is 0.780. The van der Waals surface area contributed by atoms with Crippen LogP contribution in [0.15, 0.2) is 18.2 Å². The van der Waals surface area contributed by atoms with Crippen molar-refractivity contribution in [2.24, 2.45) is 5.92 Å². The van der Waals surface area contributed by atoms with Crippen molar-refractivity contribution in [3.8, 4) is 0 Å².